The van der Waals surface area contributed by atoms with Gasteiger partial charge in [0.15, 0.2) is 0 Å². The first-order valence-electron chi connectivity index (χ1n) is 12.4. The van der Waals surface area contributed by atoms with Crippen LogP contribution in [-0.2, 0) is 21.4 Å². The molecule has 0 aliphatic carbocycles. The van der Waals surface area contributed by atoms with Crippen LogP contribution >= 0.6 is 0 Å². The van der Waals surface area contributed by atoms with E-state index in [1.165, 1.54) is 9.87 Å². The second kappa shape index (κ2) is 11.3. The smallest absolute Gasteiger partial charge is 0.243 e. The number of sulfonamides is 1. The third-order valence-corrected chi connectivity index (χ3v) is 9.01. The molecule has 0 spiro atoms. The van der Waals surface area contributed by atoms with Crippen LogP contribution in [0.25, 0.3) is 10.8 Å². The number of hydrogen-bond donors (Lipinski definition) is 0. The van der Waals surface area contributed by atoms with Gasteiger partial charge in [-0.15, -0.1) is 0 Å². The fourth-order valence-electron chi connectivity index (χ4n) is 4.69. The first-order valence-corrected chi connectivity index (χ1v) is 13.9. The fraction of sp³-hybridized carbons (Fsp3) is 0.393. The first kappa shape index (κ1) is 25.4. The highest BCUT2D eigenvalue weighted by molar-refractivity contribution is 7.89. The van der Waals surface area contributed by atoms with E-state index in [4.69, 9.17) is 0 Å². The van der Waals surface area contributed by atoms with Crippen molar-refractivity contribution in [1.29, 1.82) is 0 Å². The normalized spacial score (nSPS) is 16.0. The monoisotopic (exact) mass is 493 g/mol. The lowest BCUT2D eigenvalue weighted by Gasteiger charge is -2.35. The summed E-state index contributed by atoms with van der Waals surface area (Å²) in [6.07, 6.45) is 0.864. The maximum Gasteiger partial charge on any atom is 0.243 e. The molecule has 0 radical (unpaired) electrons. The number of carbonyl (C=O) groups is 1. The summed E-state index contributed by atoms with van der Waals surface area (Å²) in [6, 6.07) is 23.1. The van der Waals surface area contributed by atoms with Crippen LogP contribution in [0.15, 0.2) is 77.7 Å². The lowest BCUT2D eigenvalue weighted by molar-refractivity contribution is -0.133. The Morgan fingerprint density at radius 1 is 0.914 bits per heavy atom. The van der Waals surface area contributed by atoms with Gasteiger partial charge in [0.1, 0.15) is 0 Å². The molecule has 35 heavy (non-hydrogen) atoms. The average Bonchev–Trinajstić information content (AvgIpc) is 2.89. The number of nitrogens with zero attached hydrogens (tertiary/aromatic N) is 3. The molecule has 4 rings (SSSR count). The van der Waals surface area contributed by atoms with Crippen molar-refractivity contribution in [3.8, 4) is 0 Å². The zero-order valence-corrected chi connectivity index (χ0v) is 21.5. The lowest BCUT2D eigenvalue weighted by Crippen LogP contribution is -2.49. The van der Waals surface area contributed by atoms with Gasteiger partial charge in [0.25, 0.3) is 0 Å². The molecule has 1 aliphatic rings. The molecule has 0 bridgehead atoms. The molecule has 1 aliphatic heterocycles. The topological polar surface area (TPSA) is 60.9 Å². The van der Waals surface area contributed by atoms with Crippen LogP contribution in [0, 0.1) is 0 Å². The number of hydrogen-bond acceptors (Lipinski definition) is 4. The van der Waals surface area contributed by atoms with E-state index in [-0.39, 0.29) is 24.9 Å². The zero-order valence-electron chi connectivity index (χ0n) is 20.6. The molecule has 1 unspecified atom stereocenters. The van der Waals surface area contributed by atoms with Gasteiger partial charge >= 0.3 is 0 Å². The number of piperazine rings is 1. The largest absolute Gasteiger partial charge is 0.340 e. The van der Waals surface area contributed by atoms with Crippen molar-refractivity contribution >= 4 is 26.7 Å². The van der Waals surface area contributed by atoms with Crippen LogP contribution in [0.1, 0.15) is 32.3 Å². The number of carbonyl (C=O) groups excluding carboxylic acids is 1. The maximum absolute atomic E-state index is 13.7. The molecule has 3 aromatic rings. The van der Waals surface area contributed by atoms with Gasteiger partial charge in [-0.25, -0.2) is 8.42 Å². The third kappa shape index (κ3) is 5.92. The molecule has 1 atom stereocenters. The minimum Gasteiger partial charge on any atom is -0.340 e. The lowest BCUT2D eigenvalue weighted by atomic mass is 10.1. The van der Waals surface area contributed by atoms with Crippen molar-refractivity contribution < 1.29 is 13.2 Å². The summed E-state index contributed by atoms with van der Waals surface area (Å²) in [5.74, 6) is 0.0192. The summed E-state index contributed by atoms with van der Waals surface area (Å²) in [7, 11) is -3.75. The van der Waals surface area contributed by atoms with Gasteiger partial charge in [-0.05, 0) is 30.4 Å². The second-order valence-electron chi connectivity index (χ2n) is 9.24. The van der Waals surface area contributed by atoms with Crippen LogP contribution in [0.4, 0.5) is 0 Å². The standard InChI is InChI=1S/C28H35N3O3S/c1-3-23(2)31(35(33,34)27-15-9-13-25-12-7-8-14-26(25)27)17-16-28(32)30-20-18-29(19-21-30)22-24-10-5-4-6-11-24/h4-15,23H,3,16-22H2,1-2H3. The van der Waals surface area contributed by atoms with Crippen molar-refractivity contribution in [2.24, 2.45) is 0 Å². The van der Waals surface area contributed by atoms with Crippen molar-refractivity contribution in [1.82, 2.24) is 14.1 Å². The van der Waals surface area contributed by atoms with Crippen molar-refractivity contribution in [2.45, 2.75) is 44.2 Å². The van der Waals surface area contributed by atoms with Crippen LogP contribution in [0.3, 0.4) is 0 Å². The zero-order chi connectivity index (χ0) is 24.8. The summed E-state index contributed by atoms with van der Waals surface area (Å²) in [4.78, 5) is 17.6. The van der Waals surface area contributed by atoms with Gasteiger partial charge in [-0.1, -0.05) is 73.7 Å². The van der Waals surface area contributed by atoms with Crippen LogP contribution in [-0.4, -0.2) is 67.2 Å². The molecule has 0 aromatic heterocycles. The van der Waals surface area contributed by atoms with Crippen LogP contribution < -0.4 is 0 Å². The van der Waals surface area contributed by atoms with Gasteiger partial charge in [0.05, 0.1) is 4.90 Å². The van der Waals surface area contributed by atoms with Crippen LogP contribution in [0.5, 0.6) is 0 Å². The molecule has 7 heteroatoms. The second-order valence-corrected chi connectivity index (χ2v) is 11.1. The van der Waals surface area contributed by atoms with E-state index in [0.29, 0.717) is 29.8 Å². The molecule has 1 amide bonds. The Kier molecular flexibility index (Phi) is 8.21. The molecular weight excluding hydrogens is 458 g/mol. The SMILES string of the molecule is CCC(C)N(CCC(=O)N1CCN(Cc2ccccc2)CC1)S(=O)(=O)c1cccc2ccccc12. The number of benzene rings is 3. The van der Waals surface area contributed by atoms with Crippen molar-refractivity contribution in [3.05, 3.63) is 78.4 Å². The Hall–Kier alpha value is -2.74. The number of amides is 1. The predicted octanol–water partition coefficient (Wildman–Crippen LogP) is 4.36. The highest BCUT2D eigenvalue weighted by Crippen LogP contribution is 2.27. The molecule has 0 N–H and O–H groups in total. The minimum atomic E-state index is -3.75. The maximum atomic E-state index is 13.7. The summed E-state index contributed by atoms with van der Waals surface area (Å²) in [6.45, 7) is 7.95. The molecule has 1 saturated heterocycles. The van der Waals surface area contributed by atoms with E-state index in [0.717, 1.165) is 25.0 Å². The van der Waals surface area contributed by atoms with E-state index in [1.807, 2.05) is 67.3 Å². The molecule has 1 fully saturated rings. The Morgan fingerprint density at radius 3 is 2.29 bits per heavy atom. The first-order chi connectivity index (χ1) is 16.9. The van der Waals surface area contributed by atoms with Gasteiger partial charge in [0, 0.05) is 57.1 Å². The van der Waals surface area contributed by atoms with Crippen LogP contribution in [0.2, 0.25) is 0 Å². The van der Waals surface area contributed by atoms with Crippen molar-refractivity contribution in [3.63, 3.8) is 0 Å². The minimum absolute atomic E-state index is 0.0192. The van der Waals surface area contributed by atoms with Crippen molar-refractivity contribution in [2.75, 3.05) is 32.7 Å². The Morgan fingerprint density at radius 2 is 1.57 bits per heavy atom. The average molecular weight is 494 g/mol. The molecule has 186 valence electrons. The Labute approximate surface area is 209 Å². The Bertz CT molecular complexity index is 1230. The number of rotatable bonds is 9. The fourth-order valence-corrected chi connectivity index (χ4v) is 6.61. The highest BCUT2D eigenvalue weighted by Gasteiger charge is 2.31. The van der Waals surface area contributed by atoms with E-state index in [1.54, 1.807) is 12.1 Å². The van der Waals surface area contributed by atoms with E-state index >= 15 is 0 Å². The van der Waals surface area contributed by atoms with E-state index < -0.39 is 10.0 Å². The van der Waals surface area contributed by atoms with E-state index in [9.17, 15) is 13.2 Å². The molecule has 3 aromatic carbocycles. The van der Waals surface area contributed by atoms with Gasteiger partial charge in [-0.2, -0.15) is 4.31 Å². The quantitative estimate of drug-likeness (QED) is 0.444. The predicted molar refractivity (Wildman–Crippen MR) is 141 cm³/mol. The summed E-state index contributed by atoms with van der Waals surface area (Å²) < 4.78 is 29.0. The van der Waals surface area contributed by atoms with E-state index in [2.05, 4.69) is 17.0 Å². The summed E-state index contributed by atoms with van der Waals surface area (Å²) in [5.41, 5.74) is 1.27. The molecule has 1 heterocycles. The highest BCUT2D eigenvalue weighted by atomic mass is 32.2. The van der Waals surface area contributed by atoms with Gasteiger partial charge < -0.3 is 4.90 Å². The molecule has 6 nitrogen and oxygen atoms in total. The number of fused-ring (bicyclic) bond motifs is 1. The summed E-state index contributed by atoms with van der Waals surface area (Å²) in [5, 5.41) is 1.60. The molecular formula is C28H35N3O3S. The van der Waals surface area contributed by atoms with Gasteiger partial charge in [0.2, 0.25) is 15.9 Å². The molecule has 0 saturated carbocycles. The Balaban J connectivity index is 1.41. The van der Waals surface area contributed by atoms with Gasteiger partial charge in [-0.3, -0.25) is 9.69 Å². The summed E-state index contributed by atoms with van der Waals surface area (Å²) >= 11 is 0. The third-order valence-electron chi connectivity index (χ3n) is 6.94.